The maximum absolute atomic E-state index is 13.5. The van der Waals surface area contributed by atoms with Crippen LogP contribution in [0.3, 0.4) is 0 Å². The molecule has 8 nitrogen and oxygen atoms in total. The van der Waals surface area contributed by atoms with Crippen LogP contribution in [-0.2, 0) is 10.0 Å². The lowest BCUT2D eigenvalue weighted by molar-refractivity contribution is -0.0412. The number of piperidine rings is 1. The lowest BCUT2D eigenvalue weighted by Gasteiger charge is -2.30. The normalized spacial score (nSPS) is 22.5. The molecular formula is C27H35F2N5O3S. The van der Waals surface area contributed by atoms with Crippen LogP contribution in [0, 0.1) is 0 Å². The molecule has 2 aliphatic rings. The first-order valence-corrected chi connectivity index (χ1v) is 14.9. The minimum Gasteiger partial charge on any atom is -0.393 e. The van der Waals surface area contributed by atoms with Gasteiger partial charge in [-0.3, -0.25) is 0 Å². The van der Waals surface area contributed by atoms with E-state index < -0.39 is 28.8 Å². The minimum atomic E-state index is -3.85. The Morgan fingerprint density at radius 3 is 2.45 bits per heavy atom. The Morgan fingerprint density at radius 1 is 1.11 bits per heavy atom. The van der Waals surface area contributed by atoms with E-state index >= 15 is 0 Å². The van der Waals surface area contributed by atoms with Gasteiger partial charge in [0.2, 0.25) is 16.0 Å². The van der Waals surface area contributed by atoms with E-state index in [4.69, 9.17) is 4.98 Å². The average molecular weight is 548 g/mol. The molecule has 0 radical (unpaired) electrons. The third-order valence-corrected chi connectivity index (χ3v) is 9.61. The third-order valence-electron chi connectivity index (χ3n) is 7.70. The number of benzene rings is 1. The van der Waals surface area contributed by atoms with Gasteiger partial charge in [0.25, 0.3) is 5.92 Å². The Balaban J connectivity index is 1.46. The molecule has 206 valence electrons. The zero-order chi connectivity index (χ0) is 26.9. The van der Waals surface area contributed by atoms with Gasteiger partial charge in [-0.25, -0.2) is 22.2 Å². The smallest absolute Gasteiger partial charge is 0.250 e. The predicted molar refractivity (Wildman–Crippen MR) is 143 cm³/mol. The number of hydrogen-bond acceptors (Lipinski definition) is 6. The largest absolute Gasteiger partial charge is 0.393 e. The van der Waals surface area contributed by atoms with Crippen molar-refractivity contribution in [1.82, 2.24) is 18.8 Å². The van der Waals surface area contributed by atoms with Gasteiger partial charge in [0.05, 0.1) is 11.0 Å². The lowest BCUT2D eigenvalue weighted by Crippen LogP contribution is -2.42. The molecule has 0 spiro atoms. The number of unbranched alkanes of at least 4 members (excludes halogenated alkanes) is 1. The molecule has 1 aliphatic heterocycles. The van der Waals surface area contributed by atoms with E-state index in [9.17, 15) is 22.3 Å². The SMILES string of the molecule is CCCCNc1ncc2c(-c3ccc(S(=O)(=O)N4CCC(F)(F)CC4)cc3)cn(C3CCC(O)CC3)c2n1. The first-order valence-electron chi connectivity index (χ1n) is 13.5. The average Bonchev–Trinajstić information content (AvgIpc) is 3.28. The Kier molecular flexibility index (Phi) is 7.70. The molecule has 11 heteroatoms. The summed E-state index contributed by atoms with van der Waals surface area (Å²) in [5.74, 6) is -2.24. The highest BCUT2D eigenvalue weighted by atomic mass is 32.2. The molecule has 1 aliphatic carbocycles. The molecule has 3 heterocycles. The first-order chi connectivity index (χ1) is 18.2. The van der Waals surface area contributed by atoms with Crippen LogP contribution in [0.1, 0.15) is 64.3 Å². The van der Waals surface area contributed by atoms with Crippen LogP contribution >= 0.6 is 0 Å². The zero-order valence-electron chi connectivity index (χ0n) is 21.6. The molecule has 2 N–H and O–H groups in total. The molecule has 2 fully saturated rings. The monoisotopic (exact) mass is 547 g/mol. The topological polar surface area (TPSA) is 100 Å². The molecule has 2 aromatic heterocycles. The Bertz CT molecular complexity index is 1360. The number of aliphatic hydroxyl groups excluding tert-OH is 1. The fraction of sp³-hybridized carbons (Fsp3) is 0.556. The summed E-state index contributed by atoms with van der Waals surface area (Å²) in [5.41, 5.74) is 2.53. The maximum atomic E-state index is 13.5. The van der Waals surface area contributed by atoms with Gasteiger partial charge in [0, 0.05) is 61.9 Å². The van der Waals surface area contributed by atoms with Crippen LogP contribution in [-0.4, -0.2) is 64.0 Å². The number of halogens is 2. The van der Waals surface area contributed by atoms with Gasteiger partial charge in [0.1, 0.15) is 5.65 Å². The van der Waals surface area contributed by atoms with E-state index in [-0.39, 0.29) is 30.1 Å². The summed E-state index contributed by atoms with van der Waals surface area (Å²) >= 11 is 0. The summed E-state index contributed by atoms with van der Waals surface area (Å²) in [7, 11) is -3.85. The Labute approximate surface area is 222 Å². The molecule has 1 saturated heterocycles. The van der Waals surface area contributed by atoms with Gasteiger partial charge in [-0.1, -0.05) is 25.5 Å². The fourth-order valence-electron chi connectivity index (χ4n) is 5.35. The van der Waals surface area contributed by atoms with Gasteiger partial charge >= 0.3 is 0 Å². The van der Waals surface area contributed by atoms with E-state index in [0.29, 0.717) is 5.95 Å². The molecule has 38 heavy (non-hydrogen) atoms. The van der Waals surface area contributed by atoms with Crippen LogP contribution in [0.5, 0.6) is 0 Å². The van der Waals surface area contributed by atoms with Gasteiger partial charge in [0.15, 0.2) is 0 Å². The standard InChI is InChI=1S/C27H35F2N5O3S/c1-2-3-14-30-26-31-17-23-24(18-34(25(23)32-26)20-6-8-21(35)9-7-20)19-4-10-22(11-5-19)38(36,37)33-15-12-27(28,29)13-16-33/h4-5,10-11,17-18,20-21,35H,2-3,6-9,12-16H2,1H3,(H,30,31,32). The lowest BCUT2D eigenvalue weighted by atomic mass is 9.93. The van der Waals surface area contributed by atoms with Crippen molar-refractivity contribution in [2.24, 2.45) is 0 Å². The van der Waals surface area contributed by atoms with Crippen molar-refractivity contribution in [3.8, 4) is 11.1 Å². The predicted octanol–water partition coefficient (Wildman–Crippen LogP) is 5.21. The molecule has 3 aromatic rings. The minimum absolute atomic E-state index is 0.0927. The van der Waals surface area contributed by atoms with Gasteiger partial charge in [-0.05, 0) is 49.8 Å². The van der Waals surface area contributed by atoms with Crippen molar-refractivity contribution in [2.75, 3.05) is 25.0 Å². The summed E-state index contributed by atoms with van der Waals surface area (Å²) in [6.45, 7) is 2.54. The van der Waals surface area contributed by atoms with E-state index in [2.05, 4.69) is 21.8 Å². The number of nitrogens with one attached hydrogen (secondary N) is 1. The van der Waals surface area contributed by atoms with Crippen LogP contribution in [0.15, 0.2) is 41.6 Å². The molecule has 5 rings (SSSR count). The molecule has 1 aromatic carbocycles. The second kappa shape index (κ2) is 10.9. The number of rotatable bonds is 8. The summed E-state index contributed by atoms with van der Waals surface area (Å²) in [4.78, 5) is 9.45. The molecule has 1 saturated carbocycles. The van der Waals surface area contributed by atoms with Crippen LogP contribution in [0.25, 0.3) is 22.2 Å². The van der Waals surface area contributed by atoms with E-state index in [1.54, 1.807) is 30.5 Å². The number of sulfonamides is 1. The van der Waals surface area contributed by atoms with Crippen LogP contribution < -0.4 is 5.32 Å². The molecule has 0 atom stereocenters. The second-order valence-electron chi connectivity index (χ2n) is 10.4. The second-order valence-corrected chi connectivity index (χ2v) is 12.3. The Morgan fingerprint density at radius 2 is 1.79 bits per heavy atom. The Hall–Kier alpha value is -2.63. The number of aromatic nitrogens is 3. The first kappa shape index (κ1) is 27.0. The summed E-state index contributed by atoms with van der Waals surface area (Å²) in [6, 6.07) is 6.79. The van der Waals surface area contributed by atoms with Crippen molar-refractivity contribution < 1.29 is 22.3 Å². The van der Waals surface area contributed by atoms with E-state index in [1.165, 1.54) is 0 Å². The number of hydrogen-bond donors (Lipinski definition) is 2. The summed E-state index contributed by atoms with van der Waals surface area (Å²) in [5, 5.41) is 14.2. The molecular weight excluding hydrogens is 512 g/mol. The van der Waals surface area contributed by atoms with Crippen molar-refractivity contribution in [1.29, 1.82) is 0 Å². The molecule has 0 amide bonds. The van der Waals surface area contributed by atoms with Crippen molar-refractivity contribution in [2.45, 2.75) is 81.3 Å². The number of aliphatic hydroxyl groups is 1. The number of anilines is 1. The van der Waals surface area contributed by atoms with Crippen LogP contribution in [0.2, 0.25) is 0 Å². The van der Waals surface area contributed by atoms with E-state index in [0.717, 1.165) is 71.5 Å². The van der Waals surface area contributed by atoms with Gasteiger partial charge in [-0.15, -0.1) is 0 Å². The quantitative estimate of drug-likeness (QED) is 0.376. The van der Waals surface area contributed by atoms with E-state index in [1.807, 2.05) is 6.20 Å². The summed E-state index contributed by atoms with van der Waals surface area (Å²) < 4.78 is 56.5. The molecule has 0 unspecified atom stereocenters. The zero-order valence-corrected chi connectivity index (χ0v) is 22.4. The fourth-order valence-corrected chi connectivity index (χ4v) is 6.79. The third kappa shape index (κ3) is 5.55. The number of nitrogens with zero attached hydrogens (tertiary/aromatic N) is 4. The highest BCUT2D eigenvalue weighted by Gasteiger charge is 2.38. The van der Waals surface area contributed by atoms with Gasteiger partial charge in [-0.2, -0.15) is 9.29 Å². The highest BCUT2D eigenvalue weighted by Crippen LogP contribution is 2.37. The number of alkyl halides is 2. The number of fused-ring (bicyclic) bond motifs is 1. The van der Waals surface area contributed by atoms with Crippen molar-refractivity contribution in [3.05, 3.63) is 36.7 Å². The highest BCUT2D eigenvalue weighted by molar-refractivity contribution is 7.89. The van der Waals surface area contributed by atoms with Crippen LogP contribution in [0.4, 0.5) is 14.7 Å². The van der Waals surface area contributed by atoms with Gasteiger partial charge < -0.3 is 15.0 Å². The molecule has 0 bridgehead atoms. The maximum Gasteiger partial charge on any atom is 0.250 e. The van der Waals surface area contributed by atoms with Crippen molar-refractivity contribution in [3.63, 3.8) is 0 Å². The van der Waals surface area contributed by atoms with Crippen molar-refractivity contribution >= 4 is 27.0 Å². The summed E-state index contributed by atoms with van der Waals surface area (Å²) in [6.07, 6.45) is 7.91.